The number of fused-ring (bicyclic) bond motifs is 2. The van der Waals surface area contributed by atoms with Crippen molar-refractivity contribution in [1.29, 1.82) is 5.26 Å². The smallest absolute Gasteiger partial charge is 0.237 e. The fourth-order valence-electron chi connectivity index (χ4n) is 5.38. The van der Waals surface area contributed by atoms with Crippen LogP contribution in [-0.4, -0.2) is 46.2 Å². The molecule has 120 valence electrons. The quantitative estimate of drug-likeness (QED) is 0.816. The first-order valence-corrected chi connectivity index (χ1v) is 8.63. The molecular weight excluding hydrogens is 278 g/mol. The Hall–Kier alpha value is -1.12. The van der Waals surface area contributed by atoms with Gasteiger partial charge in [0.2, 0.25) is 5.91 Å². The summed E-state index contributed by atoms with van der Waals surface area (Å²) in [6, 6.07) is 2.41. The van der Waals surface area contributed by atoms with E-state index in [2.05, 4.69) is 18.3 Å². The predicted molar refractivity (Wildman–Crippen MR) is 80.6 cm³/mol. The highest BCUT2D eigenvalue weighted by Gasteiger charge is 2.54. The van der Waals surface area contributed by atoms with Crippen molar-refractivity contribution in [3.05, 3.63) is 0 Å². The number of amides is 1. The molecule has 0 aromatic carbocycles. The molecule has 1 heterocycles. The van der Waals surface area contributed by atoms with Gasteiger partial charge in [0.05, 0.1) is 18.7 Å². The third-order valence-corrected chi connectivity index (χ3v) is 6.45. The van der Waals surface area contributed by atoms with Gasteiger partial charge in [-0.3, -0.25) is 4.79 Å². The molecule has 4 aliphatic rings. The highest BCUT2D eigenvalue weighted by molar-refractivity contribution is 5.80. The van der Waals surface area contributed by atoms with Crippen LogP contribution in [-0.2, 0) is 4.79 Å². The Morgan fingerprint density at radius 1 is 1.27 bits per heavy atom. The molecule has 0 spiro atoms. The molecule has 0 bridgehead atoms. The van der Waals surface area contributed by atoms with E-state index in [0.717, 1.165) is 38.5 Å². The average Bonchev–Trinajstić information content (AvgIpc) is 2.83. The van der Waals surface area contributed by atoms with Crippen molar-refractivity contribution in [3.63, 3.8) is 0 Å². The maximum atomic E-state index is 12.5. The first-order valence-electron chi connectivity index (χ1n) is 8.63. The Labute approximate surface area is 131 Å². The van der Waals surface area contributed by atoms with Crippen LogP contribution in [0.1, 0.15) is 45.4 Å². The van der Waals surface area contributed by atoms with Crippen LogP contribution in [0.3, 0.4) is 0 Å². The van der Waals surface area contributed by atoms with Gasteiger partial charge in [0.1, 0.15) is 6.04 Å². The summed E-state index contributed by atoms with van der Waals surface area (Å²) in [5.41, 5.74) is 0.00987. The van der Waals surface area contributed by atoms with E-state index < -0.39 is 0 Å². The van der Waals surface area contributed by atoms with Crippen LogP contribution in [0.5, 0.6) is 0 Å². The predicted octanol–water partition coefficient (Wildman–Crippen LogP) is 1.03. The second-order valence-corrected chi connectivity index (χ2v) is 8.21. The summed E-state index contributed by atoms with van der Waals surface area (Å²) >= 11 is 0. The molecule has 5 heteroatoms. The van der Waals surface area contributed by atoms with E-state index in [-0.39, 0.29) is 23.6 Å². The lowest BCUT2D eigenvalue weighted by molar-refractivity contribution is -0.131. The lowest BCUT2D eigenvalue weighted by Crippen LogP contribution is -2.49. The number of nitriles is 1. The molecule has 3 aliphatic carbocycles. The van der Waals surface area contributed by atoms with E-state index in [0.29, 0.717) is 30.3 Å². The monoisotopic (exact) mass is 303 g/mol. The third-order valence-electron chi connectivity index (χ3n) is 6.45. The molecule has 5 atom stereocenters. The summed E-state index contributed by atoms with van der Waals surface area (Å²) in [6.07, 6.45) is 5.78. The van der Waals surface area contributed by atoms with E-state index in [1.807, 2.05) is 4.90 Å². The fraction of sp³-hybridized carbons (Fsp3) is 0.882. The first kappa shape index (κ1) is 14.5. The molecule has 0 aromatic heterocycles. The Bertz CT molecular complexity index is 514. The number of aliphatic hydroxyl groups excluding tert-OH is 1. The lowest BCUT2D eigenvalue weighted by Gasteiger charge is -2.29. The highest BCUT2D eigenvalue weighted by atomic mass is 16.3. The van der Waals surface area contributed by atoms with Crippen molar-refractivity contribution in [1.82, 2.24) is 10.2 Å². The summed E-state index contributed by atoms with van der Waals surface area (Å²) in [4.78, 5) is 14.4. The van der Waals surface area contributed by atoms with Gasteiger partial charge >= 0.3 is 0 Å². The molecule has 1 aliphatic heterocycles. The molecule has 1 saturated heterocycles. The van der Waals surface area contributed by atoms with Gasteiger partial charge in [-0.25, -0.2) is 0 Å². The molecule has 4 fully saturated rings. The van der Waals surface area contributed by atoms with Crippen LogP contribution in [0.15, 0.2) is 0 Å². The molecule has 4 rings (SSSR count). The average molecular weight is 303 g/mol. The first-order chi connectivity index (χ1) is 10.5. The molecule has 3 saturated carbocycles. The molecule has 1 amide bonds. The van der Waals surface area contributed by atoms with E-state index in [9.17, 15) is 15.2 Å². The number of likely N-dealkylation sites (tertiary alicyclic amines) is 1. The lowest BCUT2D eigenvalue weighted by atomic mass is 9.95. The zero-order valence-electron chi connectivity index (χ0n) is 13.2. The number of hydrogen-bond acceptors (Lipinski definition) is 4. The van der Waals surface area contributed by atoms with Gasteiger partial charge in [-0.15, -0.1) is 0 Å². The fourth-order valence-corrected chi connectivity index (χ4v) is 5.38. The van der Waals surface area contributed by atoms with Gasteiger partial charge in [-0.2, -0.15) is 5.26 Å². The molecule has 5 unspecified atom stereocenters. The van der Waals surface area contributed by atoms with Crippen LogP contribution in [0.4, 0.5) is 0 Å². The number of carbonyl (C=O) groups excluding carboxylic acids is 1. The van der Waals surface area contributed by atoms with E-state index >= 15 is 0 Å². The Morgan fingerprint density at radius 3 is 2.59 bits per heavy atom. The number of hydrogen-bond donors (Lipinski definition) is 2. The minimum Gasteiger partial charge on any atom is -0.393 e. The van der Waals surface area contributed by atoms with Crippen molar-refractivity contribution in [2.45, 2.75) is 69.2 Å². The normalized spacial score (nSPS) is 48.9. The van der Waals surface area contributed by atoms with Gasteiger partial charge in [0, 0.05) is 11.6 Å². The van der Waals surface area contributed by atoms with Crippen LogP contribution in [0, 0.1) is 29.1 Å². The Morgan fingerprint density at radius 2 is 1.95 bits per heavy atom. The van der Waals surface area contributed by atoms with Crippen LogP contribution in [0.25, 0.3) is 0 Å². The molecule has 0 radical (unpaired) electrons. The number of carbonyl (C=O) groups is 1. The molecule has 5 nitrogen and oxygen atoms in total. The van der Waals surface area contributed by atoms with Crippen molar-refractivity contribution in [3.8, 4) is 6.07 Å². The molecular formula is C17H25N3O2. The van der Waals surface area contributed by atoms with E-state index in [1.165, 1.54) is 0 Å². The highest BCUT2D eigenvalue weighted by Crippen LogP contribution is 2.49. The Kier molecular flexibility index (Phi) is 3.25. The molecule has 22 heavy (non-hydrogen) atoms. The maximum Gasteiger partial charge on any atom is 0.237 e. The maximum absolute atomic E-state index is 12.5. The van der Waals surface area contributed by atoms with Crippen molar-refractivity contribution < 1.29 is 9.90 Å². The van der Waals surface area contributed by atoms with E-state index in [4.69, 9.17) is 0 Å². The molecule has 0 aromatic rings. The number of nitrogens with zero attached hydrogens (tertiary/aromatic N) is 2. The molecule has 2 N–H and O–H groups in total. The standard InChI is InChI=1S/C17H25N3O2/c1-17(6-11-3-14(21)4-12(11)7-17)19-9-16(22)20-13(8-18)2-10-5-15(10)20/h10-15,19,21H,2-7,9H2,1H3. The van der Waals surface area contributed by atoms with Crippen LogP contribution < -0.4 is 5.32 Å². The van der Waals surface area contributed by atoms with Gasteiger partial charge in [0.15, 0.2) is 0 Å². The third kappa shape index (κ3) is 2.33. The van der Waals surface area contributed by atoms with Crippen molar-refractivity contribution in [2.24, 2.45) is 17.8 Å². The van der Waals surface area contributed by atoms with Crippen LogP contribution in [0.2, 0.25) is 0 Å². The van der Waals surface area contributed by atoms with Gasteiger partial charge in [-0.1, -0.05) is 0 Å². The number of rotatable bonds is 3. The Balaban J connectivity index is 1.33. The summed E-state index contributed by atoms with van der Waals surface area (Å²) in [7, 11) is 0. The van der Waals surface area contributed by atoms with E-state index in [1.54, 1.807) is 0 Å². The largest absolute Gasteiger partial charge is 0.393 e. The van der Waals surface area contributed by atoms with Gasteiger partial charge in [0.25, 0.3) is 0 Å². The summed E-state index contributed by atoms with van der Waals surface area (Å²) < 4.78 is 0. The van der Waals surface area contributed by atoms with Crippen molar-refractivity contribution >= 4 is 5.91 Å². The second-order valence-electron chi connectivity index (χ2n) is 8.21. The zero-order valence-corrected chi connectivity index (χ0v) is 13.2. The second kappa shape index (κ2) is 4.94. The minimum absolute atomic E-state index is 0.00987. The SMILES string of the molecule is CC1(NCC(=O)N2C(C#N)CC3CC32)CC2CC(O)CC2C1. The zero-order chi connectivity index (χ0) is 15.5. The number of piperidine rings is 1. The minimum atomic E-state index is -0.205. The number of aliphatic hydroxyl groups is 1. The summed E-state index contributed by atoms with van der Waals surface area (Å²) in [6.45, 7) is 2.55. The summed E-state index contributed by atoms with van der Waals surface area (Å²) in [5.74, 6) is 1.88. The number of nitrogens with one attached hydrogen (secondary N) is 1. The van der Waals surface area contributed by atoms with Gasteiger partial charge < -0.3 is 15.3 Å². The van der Waals surface area contributed by atoms with Crippen molar-refractivity contribution in [2.75, 3.05) is 6.54 Å². The van der Waals surface area contributed by atoms with Gasteiger partial charge in [-0.05, 0) is 63.2 Å². The topological polar surface area (TPSA) is 76.4 Å². The van der Waals surface area contributed by atoms with Crippen LogP contribution >= 0.6 is 0 Å². The summed E-state index contributed by atoms with van der Waals surface area (Å²) in [5, 5.41) is 22.4.